The van der Waals surface area contributed by atoms with E-state index in [-0.39, 0.29) is 11.9 Å². The van der Waals surface area contributed by atoms with Gasteiger partial charge in [0.15, 0.2) is 5.82 Å². The first-order valence-corrected chi connectivity index (χ1v) is 7.99. The maximum absolute atomic E-state index is 12.6. The van der Waals surface area contributed by atoms with Crippen LogP contribution in [0, 0.1) is 6.92 Å². The van der Waals surface area contributed by atoms with Crippen molar-refractivity contribution >= 4 is 17.8 Å². The highest BCUT2D eigenvalue weighted by atomic mass is 16.5. The molecule has 1 saturated heterocycles. The summed E-state index contributed by atoms with van der Waals surface area (Å²) in [6.07, 6.45) is 0. The Morgan fingerprint density at radius 3 is 2.52 bits per heavy atom. The molecule has 8 heteroatoms. The first kappa shape index (κ1) is 16.8. The monoisotopic (exact) mass is 344 g/mol. The molecule has 1 aliphatic rings. The average molecular weight is 344 g/mol. The van der Waals surface area contributed by atoms with Crippen LogP contribution in [-0.2, 0) is 0 Å². The number of aromatic nitrogens is 1. The molecular formula is C17H20N4O4. The van der Waals surface area contributed by atoms with Crippen molar-refractivity contribution in [1.29, 1.82) is 0 Å². The number of methoxy groups -OCH3 is 1. The van der Waals surface area contributed by atoms with Gasteiger partial charge >= 0.3 is 6.03 Å². The van der Waals surface area contributed by atoms with Gasteiger partial charge in [-0.05, 0) is 25.1 Å². The van der Waals surface area contributed by atoms with E-state index in [1.807, 2.05) is 0 Å². The number of anilines is 1. The zero-order chi connectivity index (χ0) is 17.8. The maximum Gasteiger partial charge on any atom is 0.323 e. The summed E-state index contributed by atoms with van der Waals surface area (Å²) < 4.78 is 10.1. The largest absolute Gasteiger partial charge is 0.497 e. The van der Waals surface area contributed by atoms with Crippen molar-refractivity contribution in [2.24, 2.45) is 0 Å². The predicted molar refractivity (Wildman–Crippen MR) is 90.7 cm³/mol. The van der Waals surface area contributed by atoms with Gasteiger partial charge in [-0.25, -0.2) is 4.79 Å². The number of ether oxygens (including phenoxy) is 1. The first-order valence-electron chi connectivity index (χ1n) is 7.99. The van der Waals surface area contributed by atoms with Crippen LogP contribution in [0.3, 0.4) is 0 Å². The maximum atomic E-state index is 12.6. The summed E-state index contributed by atoms with van der Waals surface area (Å²) >= 11 is 0. The van der Waals surface area contributed by atoms with E-state index in [4.69, 9.17) is 9.26 Å². The van der Waals surface area contributed by atoms with Gasteiger partial charge in [-0.2, -0.15) is 0 Å². The molecule has 0 unspecified atom stereocenters. The van der Waals surface area contributed by atoms with Gasteiger partial charge in [0.25, 0.3) is 5.91 Å². The van der Waals surface area contributed by atoms with Crippen molar-refractivity contribution < 1.29 is 18.8 Å². The minimum Gasteiger partial charge on any atom is -0.497 e. The van der Waals surface area contributed by atoms with E-state index in [2.05, 4.69) is 10.5 Å². The third-order valence-electron chi connectivity index (χ3n) is 4.03. The lowest BCUT2D eigenvalue weighted by Crippen LogP contribution is -2.51. The Kier molecular flexibility index (Phi) is 4.87. The van der Waals surface area contributed by atoms with Gasteiger partial charge in [0, 0.05) is 37.8 Å². The second-order valence-electron chi connectivity index (χ2n) is 5.76. The highest BCUT2D eigenvalue weighted by Crippen LogP contribution is 2.16. The number of hydrogen-bond donors (Lipinski definition) is 1. The molecule has 1 aromatic carbocycles. The van der Waals surface area contributed by atoms with Crippen molar-refractivity contribution in [2.45, 2.75) is 6.92 Å². The van der Waals surface area contributed by atoms with Gasteiger partial charge in [-0.3, -0.25) is 10.1 Å². The SMILES string of the molecule is COc1cccc(C(=O)N2CCN(C(=O)Nc3cc(C)on3)CC2)c1. The number of carbonyl (C=O) groups is 2. The van der Waals surface area contributed by atoms with Crippen LogP contribution < -0.4 is 10.1 Å². The summed E-state index contributed by atoms with van der Waals surface area (Å²) in [5.41, 5.74) is 0.579. The van der Waals surface area contributed by atoms with Crippen molar-refractivity contribution in [3.8, 4) is 5.75 Å². The van der Waals surface area contributed by atoms with Crippen molar-refractivity contribution in [3.63, 3.8) is 0 Å². The molecule has 3 amide bonds. The van der Waals surface area contributed by atoms with E-state index in [1.54, 1.807) is 54.2 Å². The Balaban J connectivity index is 1.55. The molecule has 2 heterocycles. The third kappa shape index (κ3) is 3.90. The number of urea groups is 1. The van der Waals surface area contributed by atoms with Gasteiger partial charge in [0.1, 0.15) is 11.5 Å². The van der Waals surface area contributed by atoms with Crippen LogP contribution in [0.25, 0.3) is 0 Å². The molecule has 1 fully saturated rings. The van der Waals surface area contributed by atoms with Crippen molar-refractivity contribution in [3.05, 3.63) is 41.7 Å². The third-order valence-corrected chi connectivity index (χ3v) is 4.03. The number of benzene rings is 1. The minimum atomic E-state index is -0.248. The molecule has 8 nitrogen and oxygen atoms in total. The minimum absolute atomic E-state index is 0.0638. The summed E-state index contributed by atoms with van der Waals surface area (Å²) in [6.45, 7) is 3.62. The molecule has 0 atom stereocenters. The van der Waals surface area contributed by atoms with Crippen LogP contribution in [0.4, 0.5) is 10.6 Å². The van der Waals surface area contributed by atoms with E-state index >= 15 is 0 Å². The zero-order valence-corrected chi connectivity index (χ0v) is 14.2. The van der Waals surface area contributed by atoms with Gasteiger partial charge in [0.05, 0.1) is 7.11 Å². The summed E-state index contributed by atoms with van der Waals surface area (Å²) in [6, 6.07) is 8.47. The van der Waals surface area contributed by atoms with E-state index < -0.39 is 0 Å². The van der Waals surface area contributed by atoms with E-state index in [1.165, 1.54) is 0 Å². The molecule has 0 radical (unpaired) electrons. The van der Waals surface area contributed by atoms with Crippen LogP contribution in [-0.4, -0.2) is 60.2 Å². The molecular weight excluding hydrogens is 324 g/mol. The number of rotatable bonds is 3. The smallest absolute Gasteiger partial charge is 0.323 e. The van der Waals surface area contributed by atoms with Crippen LogP contribution in [0.15, 0.2) is 34.9 Å². The Morgan fingerprint density at radius 1 is 1.16 bits per heavy atom. The summed E-state index contributed by atoms with van der Waals surface area (Å²) in [7, 11) is 1.57. The number of piperazine rings is 1. The zero-order valence-electron chi connectivity index (χ0n) is 14.2. The van der Waals surface area contributed by atoms with E-state index in [0.717, 1.165) is 0 Å². The molecule has 0 spiro atoms. The number of amides is 3. The van der Waals surface area contributed by atoms with Crippen molar-refractivity contribution in [2.75, 3.05) is 38.6 Å². The lowest BCUT2D eigenvalue weighted by Gasteiger charge is -2.34. The van der Waals surface area contributed by atoms with E-state index in [9.17, 15) is 9.59 Å². The van der Waals surface area contributed by atoms with Crippen LogP contribution in [0.1, 0.15) is 16.1 Å². The number of nitrogens with zero attached hydrogens (tertiary/aromatic N) is 3. The van der Waals surface area contributed by atoms with Crippen molar-refractivity contribution in [1.82, 2.24) is 15.0 Å². The number of aryl methyl sites for hydroxylation is 1. The number of hydrogen-bond acceptors (Lipinski definition) is 5. The van der Waals surface area contributed by atoms with Gasteiger partial charge < -0.3 is 19.1 Å². The Labute approximate surface area is 145 Å². The highest BCUT2D eigenvalue weighted by molar-refractivity contribution is 5.95. The molecule has 2 aromatic rings. The lowest BCUT2D eigenvalue weighted by molar-refractivity contribution is 0.0671. The second-order valence-corrected chi connectivity index (χ2v) is 5.76. The van der Waals surface area contributed by atoms with Crippen LogP contribution >= 0.6 is 0 Å². The Hall–Kier alpha value is -3.03. The second kappa shape index (κ2) is 7.25. The molecule has 1 N–H and O–H groups in total. The molecule has 25 heavy (non-hydrogen) atoms. The molecule has 0 saturated carbocycles. The van der Waals surface area contributed by atoms with Gasteiger partial charge in [-0.1, -0.05) is 11.2 Å². The normalized spacial score (nSPS) is 14.3. The molecule has 1 aromatic heterocycles. The van der Waals surface area contributed by atoms with E-state index in [0.29, 0.717) is 49.1 Å². The Bertz CT molecular complexity index is 766. The molecule has 0 bridgehead atoms. The lowest BCUT2D eigenvalue weighted by atomic mass is 10.1. The molecule has 0 aliphatic carbocycles. The summed E-state index contributed by atoms with van der Waals surface area (Å²) in [5.74, 6) is 1.60. The predicted octanol–water partition coefficient (Wildman–Crippen LogP) is 1.98. The van der Waals surface area contributed by atoms with Gasteiger partial charge in [0.2, 0.25) is 0 Å². The molecule has 1 aliphatic heterocycles. The first-order chi connectivity index (χ1) is 12.1. The standard InChI is InChI=1S/C17H20N4O4/c1-12-10-15(19-25-12)18-17(23)21-8-6-20(7-9-21)16(22)13-4-3-5-14(11-13)24-2/h3-5,10-11H,6-9H2,1-2H3,(H,18,19,23). The fourth-order valence-corrected chi connectivity index (χ4v) is 2.67. The topological polar surface area (TPSA) is 87.9 Å². The summed E-state index contributed by atoms with van der Waals surface area (Å²) in [4.78, 5) is 28.2. The molecule has 132 valence electrons. The van der Waals surface area contributed by atoms with Gasteiger partial charge in [-0.15, -0.1) is 0 Å². The number of nitrogens with one attached hydrogen (secondary N) is 1. The Morgan fingerprint density at radius 2 is 1.88 bits per heavy atom. The summed E-state index contributed by atoms with van der Waals surface area (Å²) in [5, 5.41) is 6.43. The molecule has 3 rings (SSSR count). The number of carbonyl (C=O) groups excluding carboxylic acids is 2. The quantitative estimate of drug-likeness (QED) is 0.920. The van der Waals surface area contributed by atoms with Crippen LogP contribution in [0.5, 0.6) is 5.75 Å². The fourth-order valence-electron chi connectivity index (χ4n) is 2.67. The van der Waals surface area contributed by atoms with Crippen LogP contribution in [0.2, 0.25) is 0 Å². The fraction of sp³-hybridized carbons (Fsp3) is 0.353. The average Bonchev–Trinajstić information content (AvgIpc) is 3.06. The highest BCUT2D eigenvalue weighted by Gasteiger charge is 2.25.